The third-order valence-electron chi connectivity index (χ3n) is 5.77. The molecule has 2 heterocycles. The van der Waals surface area contributed by atoms with E-state index in [2.05, 4.69) is 10.2 Å². The summed E-state index contributed by atoms with van der Waals surface area (Å²) in [6.45, 7) is 7.47. The Morgan fingerprint density at radius 2 is 2.00 bits per heavy atom. The van der Waals surface area contributed by atoms with Crippen LogP contribution in [0.2, 0.25) is 0 Å². The largest absolute Gasteiger partial charge is 0.497 e. The fourth-order valence-corrected chi connectivity index (χ4v) is 4.02. The topological polar surface area (TPSA) is 92.1 Å². The number of nitrogens with zero attached hydrogens (tertiary/aromatic N) is 2. The van der Waals surface area contributed by atoms with Gasteiger partial charge >= 0.3 is 5.63 Å². The smallest absolute Gasteiger partial charge is 0.339 e. The summed E-state index contributed by atoms with van der Waals surface area (Å²) in [6.07, 6.45) is 1.42. The Labute approximate surface area is 182 Å². The van der Waals surface area contributed by atoms with Gasteiger partial charge in [-0.3, -0.25) is 14.5 Å². The van der Waals surface area contributed by atoms with Crippen molar-refractivity contribution in [2.45, 2.75) is 33.1 Å². The van der Waals surface area contributed by atoms with Gasteiger partial charge in [-0.25, -0.2) is 4.79 Å². The second-order valence-electron chi connectivity index (χ2n) is 7.82. The number of carbonyl (C=O) groups excluding carboxylic acids is 2. The molecule has 1 saturated heterocycles. The van der Waals surface area contributed by atoms with Crippen molar-refractivity contribution in [3.8, 4) is 5.75 Å². The van der Waals surface area contributed by atoms with Crippen LogP contribution in [0, 0.1) is 6.92 Å². The van der Waals surface area contributed by atoms with Gasteiger partial charge in [0.05, 0.1) is 13.7 Å². The molecule has 168 valence electrons. The average molecular weight is 430 g/mol. The highest BCUT2D eigenvalue weighted by Crippen LogP contribution is 2.24. The van der Waals surface area contributed by atoms with Crippen LogP contribution < -0.4 is 15.7 Å². The number of nitrogens with one attached hydrogen (secondary N) is 1. The zero-order valence-corrected chi connectivity index (χ0v) is 18.5. The maximum Gasteiger partial charge on any atom is 0.339 e. The van der Waals surface area contributed by atoms with Gasteiger partial charge < -0.3 is 19.4 Å². The lowest BCUT2D eigenvalue weighted by molar-refractivity contribution is -0.131. The molecule has 1 aromatic heterocycles. The maximum absolute atomic E-state index is 12.8. The van der Waals surface area contributed by atoms with Crippen LogP contribution in [-0.4, -0.2) is 68.0 Å². The number of hydrogen-bond donors (Lipinski definition) is 1. The van der Waals surface area contributed by atoms with Crippen molar-refractivity contribution < 1.29 is 18.7 Å². The SMILES string of the molecule is CCNC(=O)CN1CCCN(C(=O)CCc2c(C)c3ccc(OC)cc3oc2=O)CC1. The summed E-state index contributed by atoms with van der Waals surface area (Å²) < 4.78 is 10.7. The first-order chi connectivity index (χ1) is 14.9. The number of aryl methyl sites for hydroxylation is 1. The summed E-state index contributed by atoms with van der Waals surface area (Å²) >= 11 is 0. The monoisotopic (exact) mass is 429 g/mol. The molecule has 2 amide bonds. The number of ether oxygens (including phenoxy) is 1. The van der Waals surface area contributed by atoms with Crippen LogP contribution in [0.4, 0.5) is 0 Å². The Hall–Kier alpha value is -2.87. The van der Waals surface area contributed by atoms with Crippen molar-refractivity contribution in [3.05, 3.63) is 39.7 Å². The molecule has 1 fully saturated rings. The molecule has 8 heteroatoms. The molecule has 0 atom stereocenters. The number of amides is 2. The van der Waals surface area contributed by atoms with Crippen LogP contribution in [0.5, 0.6) is 5.75 Å². The van der Waals surface area contributed by atoms with Crippen molar-refractivity contribution in [2.24, 2.45) is 0 Å². The quantitative estimate of drug-likeness (QED) is 0.674. The van der Waals surface area contributed by atoms with Gasteiger partial charge in [-0.2, -0.15) is 0 Å². The molecule has 0 unspecified atom stereocenters. The molecule has 3 rings (SSSR count). The molecule has 0 spiro atoms. The molecule has 0 bridgehead atoms. The Balaban J connectivity index is 1.62. The standard InChI is InChI=1S/C23H31N3O5/c1-4-24-21(27)15-25-10-5-11-26(13-12-25)22(28)9-8-19-16(2)18-7-6-17(30-3)14-20(18)31-23(19)29/h6-7,14H,4-5,8-13,15H2,1-3H3,(H,24,27). The number of hydrogen-bond acceptors (Lipinski definition) is 6. The van der Waals surface area contributed by atoms with Crippen molar-refractivity contribution in [3.63, 3.8) is 0 Å². The van der Waals surface area contributed by atoms with Crippen LogP contribution >= 0.6 is 0 Å². The van der Waals surface area contributed by atoms with E-state index >= 15 is 0 Å². The second kappa shape index (κ2) is 10.4. The Kier molecular flexibility index (Phi) is 7.68. The molecular formula is C23H31N3O5. The molecule has 0 saturated carbocycles. The summed E-state index contributed by atoms with van der Waals surface area (Å²) in [6, 6.07) is 5.40. The van der Waals surface area contributed by atoms with Crippen LogP contribution in [0.3, 0.4) is 0 Å². The van der Waals surface area contributed by atoms with Crippen molar-refractivity contribution in [1.29, 1.82) is 0 Å². The zero-order chi connectivity index (χ0) is 22.4. The highest BCUT2D eigenvalue weighted by molar-refractivity contribution is 5.83. The summed E-state index contributed by atoms with van der Waals surface area (Å²) in [5, 5.41) is 3.65. The minimum atomic E-state index is -0.407. The van der Waals surface area contributed by atoms with Crippen molar-refractivity contribution in [1.82, 2.24) is 15.1 Å². The average Bonchev–Trinajstić information content (AvgIpc) is 2.98. The first-order valence-corrected chi connectivity index (χ1v) is 10.8. The molecule has 0 radical (unpaired) electrons. The highest BCUT2D eigenvalue weighted by atomic mass is 16.5. The molecule has 8 nitrogen and oxygen atoms in total. The van der Waals surface area contributed by atoms with E-state index in [1.54, 1.807) is 13.2 Å². The number of benzene rings is 1. The van der Waals surface area contributed by atoms with Crippen LogP contribution in [0.15, 0.2) is 27.4 Å². The zero-order valence-electron chi connectivity index (χ0n) is 18.5. The summed E-state index contributed by atoms with van der Waals surface area (Å²) in [5.74, 6) is 0.659. The predicted molar refractivity (Wildman–Crippen MR) is 118 cm³/mol. The fraction of sp³-hybridized carbons (Fsp3) is 0.522. The van der Waals surface area contributed by atoms with Gasteiger partial charge in [0.1, 0.15) is 11.3 Å². The van der Waals surface area contributed by atoms with Crippen molar-refractivity contribution >= 4 is 22.8 Å². The third-order valence-corrected chi connectivity index (χ3v) is 5.77. The third kappa shape index (κ3) is 5.64. The number of likely N-dealkylation sites (N-methyl/N-ethyl adjacent to an activating group) is 1. The molecule has 1 aliphatic rings. The van der Waals surface area contributed by atoms with E-state index in [9.17, 15) is 14.4 Å². The molecule has 1 aliphatic heterocycles. The molecule has 1 aromatic carbocycles. The van der Waals surface area contributed by atoms with Gasteiger partial charge in [0.25, 0.3) is 0 Å². The van der Waals surface area contributed by atoms with Gasteiger partial charge in [-0.05, 0) is 44.4 Å². The van der Waals surface area contributed by atoms with Gasteiger partial charge in [0, 0.05) is 56.2 Å². The molecular weight excluding hydrogens is 398 g/mol. The minimum Gasteiger partial charge on any atom is -0.497 e. The maximum atomic E-state index is 12.8. The van der Waals surface area contributed by atoms with Gasteiger partial charge in [-0.1, -0.05) is 0 Å². The van der Waals surface area contributed by atoms with E-state index in [1.165, 1.54) is 0 Å². The number of fused-ring (bicyclic) bond motifs is 1. The van der Waals surface area contributed by atoms with E-state index in [0.29, 0.717) is 56.0 Å². The van der Waals surface area contributed by atoms with Gasteiger partial charge in [0.2, 0.25) is 11.8 Å². The first kappa shape index (κ1) is 22.8. The minimum absolute atomic E-state index is 0.0124. The highest BCUT2D eigenvalue weighted by Gasteiger charge is 2.21. The second-order valence-corrected chi connectivity index (χ2v) is 7.82. The fourth-order valence-electron chi connectivity index (χ4n) is 4.02. The molecule has 1 N–H and O–H groups in total. The number of methoxy groups -OCH3 is 1. The van der Waals surface area contributed by atoms with Crippen LogP contribution in [-0.2, 0) is 16.0 Å². The predicted octanol–water partition coefficient (Wildman–Crippen LogP) is 1.71. The summed E-state index contributed by atoms with van der Waals surface area (Å²) in [7, 11) is 1.56. The number of rotatable bonds is 7. The first-order valence-electron chi connectivity index (χ1n) is 10.8. The lowest BCUT2D eigenvalue weighted by atomic mass is 10.0. The summed E-state index contributed by atoms with van der Waals surface area (Å²) in [5.41, 5.74) is 1.45. The Bertz CT molecular complexity index is 1000. The summed E-state index contributed by atoms with van der Waals surface area (Å²) in [4.78, 5) is 41.0. The van der Waals surface area contributed by atoms with Crippen LogP contribution in [0.1, 0.15) is 30.9 Å². The Morgan fingerprint density at radius 3 is 2.74 bits per heavy atom. The van der Waals surface area contributed by atoms with Gasteiger partial charge in [-0.15, -0.1) is 0 Å². The van der Waals surface area contributed by atoms with Crippen LogP contribution in [0.25, 0.3) is 11.0 Å². The van der Waals surface area contributed by atoms with E-state index in [4.69, 9.17) is 9.15 Å². The van der Waals surface area contributed by atoms with E-state index in [1.807, 2.05) is 30.9 Å². The van der Waals surface area contributed by atoms with E-state index in [0.717, 1.165) is 23.9 Å². The molecule has 2 aromatic rings. The van der Waals surface area contributed by atoms with Gasteiger partial charge in [0.15, 0.2) is 0 Å². The van der Waals surface area contributed by atoms with Crippen molar-refractivity contribution in [2.75, 3.05) is 46.4 Å². The lowest BCUT2D eigenvalue weighted by Crippen LogP contribution is -2.40. The Morgan fingerprint density at radius 1 is 1.19 bits per heavy atom. The normalized spacial score (nSPS) is 15.0. The molecule has 31 heavy (non-hydrogen) atoms. The van der Waals surface area contributed by atoms with E-state index < -0.39 is 5.63 Å². The lowest BCUT2D eigenvalue weighted by Gasteiger charge is -2.22. The van der Waals surface area contributed by atoms with E-state index in [-0.39, 0.29) is 18.2 Å². The molecule has 0 aliphatic carbocycles. The number of carbonyl (C=O) groups is 2.